The molecule has 2 heterocycles. The minimum atomic E-state index is -0.324. The summed E-state index contributed by atoms with van der Waals surface area (Å²) in [4.78, 5) is 5.61. The van der Waals surface area contributed by atoms with Gasteiger partial charge < -0.3 is 5.11 Å². The first-order chi connectivity index (χ1) is 10.3. The summed E-state index contributed by atoms with van der Waals surface area (Å²) in [6.45, 7) is 1.90. The molecule has 0 spiro atoms. The summed E-state index contributed by atoms with van der Waals surface area (Å²) >= 11 is 0. The largest absolute Gasteiger partial charge is 0.858 e. The minimum absolute atomic E-state index is 0.230. The smallest absolute Gasteiger partial charge is 0.324 e. The fraction of sp³-hybridized carbons (Fsp3) is 0.400. The first kappa shape index (κ1) is 13.6. The Morgan fingerprint density at radius 2 is 1.86 bits per heavy atom. The van der Waals surface area contributed by atoms with E-state index < -0.39 is 0 Å². The molecule has 2 aromatic rings. The van der Waals surface area contributed by atoms with Crippen LogP contribution in [0, 0.1) is 0 Å². The van der Waals surface area contributed by atoms with E-state index in [0.717, 1.165) is 25.9 Å². The molecule has 0 radical (unpaired) electrons. The molecule has 1 aliphatic heterocycles. The Kier molecular flexibility index (Phi) is 4.14. The molecule has 0 saturated carbocycles. The van der Waals surface area contributed by atoms with Crippen molar-refractivity contribution in [3.8, 4) is 0 Å². The number of aliphatic imine (C=N–C) groups is 1. The van der Waals surface area contributed by atoms with Crippen LogP contribution in [-0.4, -0.2) is 24.3 Å². The highest BCUT2D eigenvalue weighted by atomic mass is 16.5. The molecule has 0 bridgehead atoms. The molecule has 6 nitrogen and oxygen atoms in total. The quantitative estimate of drug-likeness (QED) is 0.478. The number of hydrogen-bond acceptors (Lipinski definition) is 5. The van der Waals surface area contributed by atoms with Crippen LogP contribution in [0.15, 0.2) is 46.0 Å². The lowest BCUT2D eigenvalue weighted by molar-refractivity contribution is -0.758. The highest BCUT2D eigenvalue weighted by Crippen LogP contribution is 2.10. The summed E-state index contributed by atoms with van der Waals surface area (Å²) in [6.07, 6.45) is 6.45. The number of benzene rings is 1. The Hall–Kier alpha value is -2.37. The average Bonchev–Trinajstić information content (AvgIpc) is 2.81. The van der Waals surface area contributed by atoms with Crippen LogP contribution in [0.2, 0.25) is 0 Å². The normalized spacial score (nSPS) is 16.8. The Balaban J connectivity index is 1.75. The van der Waals surface area contributed by atoms with Gasteiger partial charge in [-0.25, -0.2) is 4.99 Å². The van der Waals surface area contributed by atoms with Gasteiger partial charge in [0.15, 0.2) is 0 Å². The fourth-order valence-electron chi connectivity index (χ4n) is 2.42. The van der Waals surface area contributed by atoms with Crippen LogP contribution in [0.3, 0.4) is 0 Å². The second kappa shape index (κ2) is 6.39. The maximum atomic E-state index is 12.0. The molecule has 1 aliphatic rings. The molecule has 0 aliphatic carbocycles. The van der Waals surface area contributed by atoms with Crippen LogP contribution in [0.5, 0.6) is 0 Å². The summed E-state index contributed by atoms with van der Waals surface area (Å²) < 4.78 is 5.13. The van der Waals surface area contributed by atoms with E-state index in [1.807, 2.05) is 6.07 Å². The second-order valence-corrected chi connectivity index (χ2v) is 5.11. The summed E-state index contributed by atoms with van der Waals surface area (Å²) in [7, 11) is 0. The van der Waals surface area contributed by atoms with E-state index in [1.54, 1.807) is 35.3 Å². The third kappa shape index (κ3) is 3.39. The van der Waals surface area contributed by atoms with Crippen molar-refractivity contribution in [2.45, 2.75) is 25.7 Å². The van der Waals surface area contributed by atoms with E-state index in [1.165, 1.54) is 12.8 Å². The molecule has 110 valence electrons. The molecule has 21 heavy (non-hydrogen) atoms. The Bertz CT molecular complexity index is 601. The van der Waals surface area contributed by atoms with Gasteiger partial charge in [0.1, 0.15) is 0 Å². The lowest BCUT2D eigenvalue weighted by atomic mass is 10.2. The minimum Gasteiger partial charge on any atom is -0.858 e. The highest BCUT2D eigenvalue weighted by Gasteiger charge is 2.21. The molecule has 0 atom stereocenters. The van der Waals surface area contributed by atoms with Crippen molar-refractivity contribution in [1.82, 2.24) is 5.27 Å². The van der Waals surface area contributed by atoms with Crippen molar-refractivity contribution < 1.29 is 14.4 Å². The second-order valence-electron chi connectivity index (χ2n) is 5.11. The van der Waals surface area contributed by atoms with Gasteiger partial charge in [-0.3, -0.25) is 4.52 Å². The zero-order chi connectivity index (χ0) is 14.5. The highest BCUT2D eigenvalue weighted by molar-refractivity contribution is 5.91. The Labute approximate surface area is 123 Å². The predicted octanol–water partition coefficient (Wildman–Crippen LogP) is 0.913. The van der Waals surface area contributed by atoms with Gasteiger partial charge in [0.05, 0.1) is 17.9 Å². The van der Waals surface area contributed by atoms with Crippen molar-refractivity contribution in [3.63, 3.8) is 0 Å². The van der Waals surface area contributed by atoms with Crippen LogP contribution in [0.25, 0.3) is 0 Å². The third-order valence-corrected chi connectivity index (χ3v) is 3.55. The van der Waals surface area contributed by atoms with E-state index in [9.17, 15) is 5.11 Å². The van der Waals surface area contributed by atoms with Crippen molar-refractivity contribution >= 4 is 11.8 Å². The van der Waals surface area contributed by atoms with Gasteiger partial charge in [-0.2, -0.15) is 5.01 Å². The standard InChI is InChI=1S/C15H18N4O2/c20-15(13-8-4-3-5-9-13)16-14-12-19(17-21-14)18-10-6-1-2-7-11-18/h3-5,8-9,12H,1-2,6-7,10-11H2. The topological polar surface area (TPSA) is 68.6 Å². The third-order valence-electron chi connectivity index (χ3n) is 3.55. The van der Waals surface area contributed by atoms with Gasteiger partial charge in [0, 0.05) is 0 Å². The first-order valence-corrected chi connectivity index (χ1v) is 7.28. The van der Waals surface area contributed by atoms with Gasteiger partial charge in [0.25, 0.3) is 6.20 Å². The fourth-order valence-corrected chi connectivity index (χ4v) is 2.42. The van der Waals surface area contributed by atoms with Crippen molar-refractivity contribution in [2.24, 2.45) is 4.99 Å². The van der Waals surface area contributed by atoms with Crippen LogP contribution in [-0.2, 0) is 0 Å². The molecular formula is C15H18N4O2. The molecule has 0 amide bonds. The molecule has 1 saturated heterocycles. The van der Waals surface area contributed by atoms with Crippen LogP contribution >= 0.6 is 0 Å². The maximum absolute atomic E-state index is 12.0. The van der Waals surface area contributed by atoms with Crippen molar-refractivity contribution in [3.05, 3.63) is 42.1 Å². The summed E-state index contributed by atoms with van der Waals surface area (Å²) in [5.41, 5.74) is 0.537. The average molecular weight is 286 g/mol. The molecule has 0 N–H and O–H groups in total. The van der Waals surface area contributed by atoms with E-state index >= 15 is 0 Å². The van der Waals surface area contributed by atoms with Crippen LogP contribution < -0.4 is 14.9 Å². The summed E-state index contributed by atoms with van der Waals surface area (Å²) in [5.74, 6) is -0.0946. The molecule has 0 unspecified atom stereocenters. The van der Waals surface area contributed by atoms with E-state index in [0.29, 0.717) is 5.56 Å². The number of rotatable bonds is 3. The summed E-state index contributed by atoms with van der Waals surface area (Å²) in [5, 5.41) is 18.0. The van der Waals surface area contributed by atoms with E-state index in [-0.39, 0.29) is 11.8 Å². The zero-order valence-corrected chi connectivity index (χ0v) is 11.8. The lowest BCUT2D eigenvalue weighted by Crippen LogP contribution is -2.59. The predicted molar refractivity (Wildman–Crippen MR) is 75.8 cm³/mol. The van der Waals surface area contributed by atoms with Gasteiger partial charge in [-0.1, -0.05) is 43.2 Å². The maximum Gasteiger partial charge on any atom is 0.324 e. The number of hydrogen-bond donors (Lipinski definition) is 0. The molecule has 3 rings (SSSR count). The Morgan fingerprint density at radius 1 is 1.14 bits per heavy atom. The SMILES string of the molecule is [O-]C(=Nc1c[n+](N2CCCCCC2)no1)c1ccccc1. The van der Waals surface area contributed by atoms with E-state index in [4.69, 9.17) is 4.52 Å². The van der Waals surface area contributed by atoms with Gasteiger partial charge in [-0.15, -0.1) is 0 Å². The van der Waals surface area contributed by atoms with Gasteiger partial charge >= 0.3 is 5.88 Å². The van der Waals surface area contributed by atoms with Gasteiger partial charge in [0.2, 0.25) is 5.27 Å². The lowest BCUT2D eigenvalue weighted by Gasteiger charge is -2.09. The molecule has 1 fully saturated rings. The number of aromatic nitrogens is 2. The van der Waals surface area contributed by atoms with Crippen molar-refractivity contribution in [2.75, 3.05) is 18.1 Å². The molecular weight excluding hydrogens is 268 g/mol. The molecule has 1 aromatic heterocycles. The van der Waals surface area contributed by atoms with Crippen LogP contribution in [0.1, 0.15) is 31.2 Å². The molecule has 6 heteroatoms. The first-order valence-electron chi connectivity index (χ1n) is 7.28. The molecule has 1 aromatic carbocycles. The summed E-state index contributed by atoms with van der Waals surface area (Å²) in [6, 6.07) is 8.93. The van der Waals surface area contributed by atoms with E-state index in [2.05, 4.69) is 15.3 Å². The Morgan fingerprint density at radius 3 is 2.57 bits per heavy atom. The number of nitrogens with zero attached hydrogens (tertiary/aromatic N) is 4. The van der Waals surface area contributed by atoms with Gasteiger partial charge in [-0.05, 0) is 24.3 Å². The van der Waals surface area contributed by atoms with Crippen molar-refractivity contribution in [1.29, 1.82) is 0 Å². The van der Waals surface area contributed by atoms with Crippen LogP contribution in [0.4, 0.5) is 5.88 Å². The zero-order valence-electron chi connectivity index (χ0n) is 11.8. The monoisotopic (exact) mass is 286 g/mol.